The number of carbonyl (C=O) groups is 2. The summed E-state index contributed by atoms with van der Waals surface area (Å²) in [4.78, 5) is 23.3. The fraction of sp³-hybridized carbons (Fsp3) is 0.500. The molecule has 2 heterocycles. The summed E-state index contributed by atoms with van der Waals surface area (Å²) >= 11 is 0. The molecule has 3 rings (SSSR count). The maximum atomic E-state index is 12.3. The Morgan fingerprint density at radius 3 is 2.67 bits per heavy atom. The van der Waals surface area contributed by atoms with Gasteiger partial charge in [-0.3, -0.25) is 9.59 Å². The molecule has 0 spiro atoms. The number of hydrogen-bond acceptors (Lipinski definition) is 6. The number of aliphatic hydroxyl groups excluding tert-OH is 1. The second-order valence-electron chi connectivity index (χ2n) is 8.33. The summed E-state index contributed by atoms with van der Waals surface area (Å²) in [6.45, 7) is 5.64. The molecule has 6 nitrogen and oxygen atoms in total. The number of hydrogen-bond donors (Lipinski definition) is 1. The van der Waals surface area contributed by atoms with Gasteiger partial charge in [-0.15, -0.1) is 0 Å². The molecule has 0 radical (unpaired) electrons. The first-order valence-corrected chi connectivity index (χ1v) is 10.4. The standard InChI is InChI=1S/C24H30O6/c1-16-9-10-20-24(3,30-23(28-20)18-7-5-4-6-8-18)13-11-19(26)15-21(27)29-22(16)17(2)12-14-25/h4-10,12,14,16,19-20,22-23,26H,11,13,15H2,1-3H3/b10-9+,17-12+/t16-,19+,20-,22-,23?,24+/m0/s1. The summed E-state index contributed by atoms with van der Waals surface area (Å²) in [5.41, 5.74) is 0.929. The van der Waals surface area contributed by atoms with E-state index in [0.717, 1.165) is 5.56 Å². The third-order valence-electron chi connectivity index (χ3n) is 5.80. The zero-order valence-corrected chi connectivity index (χ0v) is 17.7. The van der Waals surface area contributed by atoms with Crippen LogP contribution in [0.2, 0.25) is 0 Å². The predicted molar refractivity (Wildman–Crippen MR) is 111 cm³/mol. The number of esters is 1. The van der Waals surface area contributed by atoms with E-state index < -0.39 is 30.1 Å². The third kappa shape index (κ3) is 5.25. The molecule has 1 fully saturated rings. The summed E-state index contributed by atoms with van der Waals surface area (Å²) in [5, 5.41) is 10.4. The Labute approximate surface area is 177 Å². The summed E-state index contributed by atoms with van der Waals surface area (Å²) in [6, 6.07) is 9.73. The quantitative estimate of drug-likeness (QED) is 0.352. The SMILES string of the molecule is C/C(=C\C=O)[C@H]1OC(=O)C[C@H](O)CC[C@@]2(C)OC(c3ccccc3)O[C@H]2/C=C/[C@@H]1C. The van der Waals surface area contributed by atoms with Crippen molar-refractivity contribution in [3.05, 3.63) is 59.7 Å². The lowest BCUT2D eigenvalue weighted by atomic mass is 9.89. The zero-order valence-electron chi connectivity index (χ0n) is 17.7. The maximum Gasteiger partial charge on any atom is 0.309 e. The highest BCUT2D eigenvalue weighted by Crippen LogP contribution is 2.42. The van der Waals surface area contributed by atoms with Crippen molar-refractivity contribution in [1.29, 1.82) is 0 Å². The fourth-order valence-electron chi connectivity index (χ4n) is 3.95. The van der Waals surface area contributed by atoms with E-state index in [9.17, 15) is 14.7 Å². The van der Waals surface area contributed by atoms with Crippen LogP contribution in [-0.2, 0) is 23.8 Å². The normalized spacial score (nSPS) is 36.7. The van der Waals surface area contributed by atoms with Crippen LogP contribution in [-0.4, -0.2) is 41.3 Å². The Kier molecular flexibility index (Phi) is 7.23. The summed E-state index contributed by atoms with van der Waals surface area (Å²) < 4.78 is 18.1. The van der Waals surface area contributed by atoms with Crippen molar-refractivity contribution in [2.45, 2.75) is 70.2 Å². The van der Waals surface area contributed by atoms with Crippen molar-refractivity contribution >= 4 is 12.3 Å². The van der Waals surface area contributed by atoms with Crippen LogP contribution in [0.1, 0.15) is 51.9 Å². The van der Waals surface area contributed by atoms with Gasteiger partial charge in [-0.2, -0.15) is 0 Å². The molecule has 0 saturated carbocycles. The average molecular weight is 414 g/mol. The number of allylic oxidation sites excluding steroid dienone is 1. The fourth-order valence-corrected chi connectivity index (χ4v) is 3.95. The van der Waals surface area contributed by atoms with E-state index in [1.807, 2.05) is 56.3 Å². The average Bonchev–Trinajstić information content (AvgIpc) is 3.06. The van der Waals surface area contributed by atoms with Crippen LogP contribution >= 0.6 is 0 Å². The smallest absolute Gasteiger partial charge is 0.309 e. The van der Waals surface area contributed by atoms with Gasteiger partial charge in [0.2, 0.25) is 0 Å². The van der Waals surface area contributed by atoms with E-state index in [1.54, 1.807) is 6.92 Å². The second kappa shape index (κ2) is 9.69. The van der Waals surface area contributed by atoms with Gasteiger partial charge in [-0.25, -0.2) is 0 Å². The lowest BCUT2D eigenvalue weighted by Crippen LogP contribution is -2.37. The Bertz CT molecular complexity index is 801. The first-order valence-electron chi connectivity index (χ1n) is 10.4. The molecule has 1 unspecified atom stereocenters. The zero-order chi connectivity index (χ0) is 21.7. The van der Waals surface area contributed by atoms with Crippen LogP contribution in [0.15, 0.2) is 54.1 Å². The van der Waals surface area contributed by atoms with E-state index in [0.29, 0.717) is 24.7 Å². The first kappa shape index (κ1) is 22.4. The molecule has 2 aliphatic rings. The number of rotatable bonds is 3. The third-order valence-corrected chi connectivity index (χ3v) is 5.80. The molecule has 2 aliphatic heterocycles. The second-order valence-corrected chi connectivity index (χ2v) is 8.33. The van der Waals surface area contributed by atoms with Crippen LogP contribution in [0, 0.1) is 5.92 Å². The van der Waals surface area contributed by atoms with Crippen molar-refractivity contribution in [3.63, 3.8) is 0 Å². The predicted octanol–water partition coefficient (Wildman–Crippen LogP) is 3.65. The summed E-state index contributed by atoms with van der Waals surface area (Å²) in [6.07, 6.45) is 4.49. The molecule has 1 N–H and O–H groups in total. The molecule has 0 bridgehead atoms. The molecule has 6 heteroatoms. The molecule has 162 valence electrons. The van der Waals surface area contributed by atoms with Gasteiger partial charge in [0.15, 0.2) is 6.29 Å². The van der Waals surface area contributed by atoms with Gasteiger partial charge in [-0.1, -0.05) is 49.4 Å². The first-order chi connectivity index (χ1) is 14.3. The molecule has 0 aliphatic carbocycles. The van der Waals surface area contributed by atoms with Crippen LogP contribution < -0.4 is 0 Å². The topological polar surface area (TPSA) is 82.1 Å². The van der Waals surface area contributed by atoms with Gasteiger partial charge in [0.25, 0.3) is 0 Å². The van der Waals surface area contributed by atoms with Gasteiger partial charge in [0.1, 0.15) is 18.5 Å². The van der Waals surface area contributed by atoms with Gasteiger partial charge in [0.05, 0.1) is 18.1 Å². The van der Waals surface area contributed by atoms with Crippen molar-refractivity contribution in [2.75, 3.05) is 0 Å². The lowest BCUT2D eigenvalue weighted by molar-refractivity contribution is -0.151. The molecule has 30 heavy (non-hydrogen) atoms. The number of aldehydes is 1. The van der Waals surface area contributed by atoms with Gasteiger partial charge < -0.3 is 19.3 Å². The Morgan fingerprint density at radius 2 is 1.97 bits per heavy atom. The Balaban J connectivity index is 1.90. The molecule has 1 aromatic rings. The van der Waals surface area contributed by atoms with E-state index in [2.05, 4.69) is 0 Å². The van der Waals surface area contributed by atoms with Gasteiger partial charge in [-0.05, 0) is 38.3 Å². The Morgan fingerprint density at radius 1 is 1.23 bits per heavy atom. The van der Waals surface area contributed by atoms with Crippen molar-refractivity contribution in [2.24, 2.45) is 5.92 Å². The van der Waals surface area contributed by atoms with Crippen molar-refractivity contribution in [3.8, 4) is 0 Å². The van der Waals surface area contributed by atoms with Crippen LogP contribution in [0.3, 0.4) is 0 Å². The summed E-state index contributed by atoms with van der Waals surface area (Å²) in [7, 11) is 0. The monoisotopic (exact) mass is 414 g/mol. The minimum Gasteiger partial charge on any atom is -0.457 e. The van der Waals surface area contributed by atoms with E-state index in [4.69, 9.17) is 14.2 Å². The van der Waals surface area contributed by atoms with Crippen molar-refractivity contribution in [1.82, 2.24) is 0 Å². The number of benzene rings is 1. The minimum atomic E-state index is -0.843. The number of fused-ring (bicyclic) bond motifs is 1. The van der Waals surface area contributed by atoms with Crippen molar-refractivity contribution < 1.29 is 28.9 Å². The number of cyclic esters (lactones) is 1. The minimum absolute atomic E-state index is 0.106. The number of ether oxygens (including phenoxy) is 3. The highest BCUT2D eigenvalue weighted by atomic mass is 16.7. The van der Waals surface area contributed by atoms with Gasteiger partial charge >= 0.3 is 5.97 Å². The van der Waals surface area contributed by atoms with E-state index in [1.165, 1.54) is 6.08 Å². The maximum absolute atomic E-state index is 12.3. The largest absolute Gasteiger partial charge is 0.457 e. The molecular weight excluding hydrogens is 384 g/mol. The number of aliphatic hydroxyl groups is 1. The Hall–Kier alpha value is -2.28. The van der Waals surface area contributed by atoms with E-state index >= 15 is 0 Å². The van der Waals surface area contributed by atoms with Crippen LogP contribution in [0.25, 0.3) is 0 Å². The van der Waals surface area contributed by atoms with E-state index in [-0.39, 0.29) is 18.4 Å². The van der Waals surface area contributed by atoms with Crippen LogP contribution in [0.5, 0.6) is 0 Å². The molecule has 6 atom stereocenters. The number of carbonyl (C=O) groups excluding carboxylic acids is 2. The highest BCUT2D eigenvalue weighted by molar-refractivity contribution is 5.71. The lowest BCUT2D eigenvalue weighted by Gasteiger charge is -2.30. The van der Waals surface area contributed by atoms with Gasteiger partial charge in [0, 0.05) is 11.5 Å². The molecule has 0 amide bonds. The van der Waals surface area contributed by atoms with Crippen LogP contribution in [0.4, 0.5) is 0 Å². The molecule has 0 aromatic heterocycles. The highest BCUT2D eigenvalue weighted by Gasteiger charge is 2.45. The molecular formula is C24H30O6. The molecule has 1 saturated heterocycles. The molecule has 1 aromatic carbocycles. The summed E-state index contributed by atoms with van der Waals surface area (Å²) in [5.74, 6) is -0.676.